The molecule has 7 heteroatoms. The molecular weight excluding hydrogens is 455 g/mol. The third-order valence-electron chi connectivity index (χ3n) is 4.80. The van der Waals surface area contributed by atoms with Gasteiger partial charge in [0.25, 0.3) is 11.8 Å². The lowest BCUT2D eigenvalue weighted by molar-refractivity contribution is -0.116. The number of carbonyl (C=O) groups excluding carboxylic acids is 2. The van der Waals surface area contributed by atoms with Gasteiger partial charge in [-0.2, -0.15) is 0 Å². The second-order valence-electron chi connectivity index (χ2n) is 7.00. The Balaban J connectivity index is 2.06. The first kappa shape index (κ1) is 16.5. The number of hydrogen-bond donors (Lipinski definition) is 1. The number of hydrogen-bond acceptors (Lipinski definition) is 4. The summed E-state index contributed by atoms with van der Waals surface area (Å²) in [5.74, 6) is 0.00200. The molecule has 1 aromatic carbocycles. The van der Waals surface area contributed by atoms with Crippen LogP contribution in [-0.4, -0.2) is 21.7 Å². The van der Waals surface area contributed by atoms with E-state index in [9.17, 15) is 9.59 Å². The zero-order valence-corrected chi connectivity index (χ0v) is 17.2. The number of nitrogens with zero attached hydrogens (tertiary/aromatic N) is 1. The predicted molar refractivity (Wildman–Crippen MR) is 109 cm³/mol. The van der Waals surface area contributed by atoms with E-state index in [4.69, 9.17) is 12.2 Å². The van der Waals surface area contributed by atoms with Gasteiger partial charge >= 0.3 is 0 Å². The summed E-state index contributed by atoms with van der Waals surface area (Å²) in [5, 5.41) is 2.63. The monoisotopic (exact) mass is 470 g/mol. The summed E-state index contributed by atoms with van der Waals surface area (Å²) in [7, 11) is 0. The summed E-state index contributed by atoms with van der Waals surface area (Å²) in [4.78, 5) is 27.9. The maximum atomic E-state index is 13.3. The van der Waals surface area contributed by atoms with Crippen molar-refractivity contribution in [3.63, 3.8) is 0 Å². The molecule has 1 aromatic rings. The van der Waals surface area contributed by atoms with Gasteiger partial charge in [0.05, 0.1) is 16.2 Å². The minimum Gasteiger partial charge on any atom is -0.307 e. The molecule has 24 heavy (non-hydrogen) atoms. The Morgan fingerprint density at radius 1 is 1.38 bits per heavy atom. The van der Waals surface area contributed by atoms with Crippen LogP contribution in [0.4, 0.5) is 5.69 Å². The summed E-state index contributed by atoms with van der Waals surface area (Å²) in [6.45, 7) is 6.38. The number of benzene rings is 1. The molecule has 4 rings (SSSR count). The number of carbonyl (C=O) groups is 2. The smallest absolute Gasteiger partial charge is 0.264 e. The fourth-order valence-corrected chi connectivity index (χ4v) is 5.75. The maximum absolute atomic E-state index is 13.3. The van der Waals surface area contributed by atoms with Gasteiger partial charge in [0.15, 0.2) is 0 Å². The Morgan fingerprint density at radius 3 is 2.71 bits per heavy atom. The Labute approximate surface area is 163 Å². The molecule has 0 radical (unpaired) electrons. The van der Waals surface area contributed by atoms with Crippen LogP contribution in [0.2, 0.25) is 0 Å². The second kappa shape index (κ2) is 5.28. The van der Waals surface area contributed by atoms with Crippen molar-refractivity contribution < 1.29 is 9.59 Å². The SMILES string of the molecule is CC1CC(C)(C)N2C(=O)C(=C3SC(=S)NC3=O)c3cc(I)cc1c32. The summed E-state index contributed by atoms with van der Waals surface area (Å²) in [6.07, 6.45) is 0.894. The van der Waals surface area contributed by atoms with Gasteiger partial charge in [0.2, 0.25) is 0 Å². The normalized spacial score (nSPS) is 27.6. The highest BCUT2D eigenvalue weighted by molar-refractivity contribution is 14.1. The van der Waals surface area contributed by atoms with Gasteiger partial charge in [0.1, 0.15) is 4.32 Å². The Hall–Kier alpha value is -0.930. The first-order chi connectivity index (χ1) is 11.2. The van der Waals surface area contributed by atoms with Crippen LogP contribution in [0.3, 0.4) is 0 Å². The summed E-state index contributed by atoms with van der Waals surface area (Å²) < 4.78 is 1.48. The zero-order chi connectivity index (χ0) is 17.4. The van der Waals surface area contributed by atoms with Crippen LogP contribution in [0.5, 0.6) is 0 Å². The molecule has 4 nitrogen and oxygen atoms in total. The van der Waals surface area contributed by atoms with Crippen LogP contribution >= 0.6 is 46.6 Å². The molecule has 1 saturated heterocycles. The predicted octanol–water partition coefficient (Wildman–Crippen LogP) is 3.78. The second-order valence-corrected chi connectivity index (χ2v) is 9.93. The van der Waals surface area contributed by atoms with Gasteiger partial charge in [-0.15, -0.1) is 0 Å². The molecule has 1 atom stereocenters. The van der Waals surface area contributed by atoms with Crippen LogP contribution in [0, 0.1) is 3.57 Å². The lowest BCUT2D eigenvalue weighted by Gasteiger charge is -2.43. The van der Waals surface area contributed by atoms with Gasteiger partial charge in [-0.05, 0) is 66.5 Å². The molecule has 0 aromatic heterocycles. The van der Waals surface area contributed by atoms with Gasteiger partial charge < -0.3 is 10.2 Å². The number of thioether (sulfide) groups is 1. The minimum absolute atomic E-state index is 0.0903. The molecule has 0 aliphatic carbocycles. The van der Waals surface area contributed by atoms with Crippen molar-refractivity contribution >= 4 is 74.0 Å². The molecule has 0 spiro atoms. The minimum atomic E-state index is -0.284. The van der Waals surface area contributed by atoms with E-state index in [1.807, 2.05) is 11.0 Å². The largest absolute Gasteiger partial charge is 0.307 e. The number of anilines is 1. The molecule has 1 fully saturated rings. The molecule has 3 aliphatic heterocycles. The van der Waals surface area contributed by atoms with E-state index in [0.717, 1.165) is 21.2 Å². The van der Waals surface area contributed by atoms with E-state index in [1.165, 1.54) is 17.3 Å². The standard InChI is InChI=1S/C17H15IN2O2S2/c1-7-6-17(2,3)20-12-9(7)4-8(18)5-10(12)11(15(20)22)13-14(21)19-16(23)24-13/h4-5,7H,6H2,1-3H3,(H,19,21,23). The highest BCUT2D eigenvalue weighted by Crippen LogP contribution is 2.53. The quantitative estimate of drug-likeness (QED) is 0.356. The zero-order valence-electron chi connectivity index (χ0n) is 13.4. The van der Waals surface area contributed by atoms with E-state index < -0.39 is 0 Å². The summed E-state index contributed by atoms with van der Waals surface area (Å²) in [5.41, 5.74) is 3.23. The maximum Gasteiger partial charge on any atom is 0.264 e. The fraction of sp³-hybridized carbons (Fsp3) is 0.353. The molecule has 124 valence electrons. The number of thiocarbonyl (C=S) groups is 1. The third kappa shape index (κ3) is 2.20. The first-order valence-electron chi connectivity index (χ1n) is 7.66. The first-order valence-corrected chi connectivity index (χ1v) is 9.97. The average Bonchev–Trinajstić information content (AvgIpc) is 2.92. The van der Waals surface area contributed by atoms with Gasteiger partial charge in [-0.3, -0.25) is 9.59 Å². The fourth-order valence-electron chi connectivity index (χ4n) is 3.99. The van der Waals surface area contributed by atoms with Crippen LogP contribution in [-0.2, 0) is 9.59 Å². The molecule has 3 heterocycles. The van der Waals surface area contributed by atoms with Crippen molar-refractivity contribution in [1.29, 1.82) is 0 Å². The Morgan fingerprint density at radius 2 is 2.08 bits per heavy atom. The van der Waals surface area contributed by atoms with E-state index in [1.54, 1.807) is 0 Å². The average molecular weight is 470 g/mol. The number of amides is 2. The Bertz CT molecular complexity index is 876. The molecule has 3 aliphatic rings. The van der Waals surface area contributed by atoms with E-state index in [0.29, 0.717) is 20.7 Å². The van der Waals surface area contributed by atoms with Crippen molar-refractivity contribution in [3.8, 4) is 0 Å². The number of nitrogens with one attached hydrogen (secondary N) is 1. The van der Waals surface area contributed by atoms with E-state index >= 15 is 0 Å². The molecule has 2 amide bonds. The molecule has 1 N–H and O–H groups in total. The number of rotatable bonds is 0. The van der Waals surface area contributed by atoms with Crippen molar-refractivity contribution in [2.24, 2.45) is 0 Å². The van der Waals surface area contributed by atoms with Crippen LogP contribution in [0.1, 0.15) is 44.2 Å². The number of halogens is 1. The Kier molecular flexibility index (Phi) is 3.64. The van der Waals surface area contributed by atoms with E-state index in [2.05, 4.69) is 54.7 Å². The van der Waals surface area contributed by atoms with Crippen LogP contribution in [0.15, 0.2) is 17.0 Å². The highest BCUT2D eigenvalue weighted by Gasteiger charge is 2.49. The van der Waals surface area contributed by atoms with Crippen LogP contribution in [0.25, 0.3) is 5.57 Å². The van der Waals surface area contributed by atoms with Crippen molar-refractivity contribution in [1.82, 2.24) is 5.32 Å². The highest BCUT2D eigenvalue weighted by atomic mass is 127. The topological polar surface area (TPSA) is 49.4 Å². The molecule has 0 saturated carbocycles. The summed E-state index contributed by atoms with van der Waals surface area (Å²) in [6, 6.07) is 4.16. The van der Waals surface area contributed by atoms with Gasteiger partial charge in [-0.1, -0.05) is 30.9 Å². The van der Waals surface area contributed by atoms with Crippen LogP contribution < -0.4 is 10.2 Å². The molecule has 0 bridgehead atoms. The van der Waals surface area contributed by atoms with Gasteiger partial charge in [-0.25, -0.2) is 0 Å². The lowest BCUT2D eigenvalue weighted by Crippen LogP contribution is -2.49. The summed E-state index contributed by atoms with van der Waals surface area (Å²) >= 11 is 8.56. The van der Waals surface area contributed by atoms with Crippen molar-refractivity contribution in [2.45, 2.75) is 38.6 Å². The lowest BCUT2D eigenvalue weighted by atomic mass is 9.80. The third-order valence-corrected chi connectivity index (χ3v) is 6.66. The van der Waals surface area contributed by atoms with Crippen molar-refractivity contribution in [2.75, 3.05) is 4.90 Å². The van der Waals surface area contributed by atoms with E-state index in [-0.39, 0.29) is 17.4 Å². The molecular formula is C17H15IN2O2S2. The van der Waals surface area contributed by atoms with Gasteiger partial charge in [0, 0.05) is 14.7 Å². The van der Waals surface area contributed by atoms with Crippen molar-refractivity contribution in [3.05, 3.63) is 31.7 Å². The molecule has 1 unspecified atom stereocenters.